The highest BCUT2D eigenvalue weighted by Crippen LogP contribution is 2.28. The summed E-state index contributed by atoms with van der Waals surface area (Å²) < 4.78 is 9.98. The summed E-state index contributed by atoms with van der Waals surface area (Å²) in [4.78, 5) is 26.0. The van der Waals surface area contributed by atoms with Gasteiger partial charge in [0, 0.05) is 11.1 Å². The van der Waals surface area contributed by atoms with Crippen LogP contribution in [-0.4, -0.2) is 50.1 Å². The van der Waals surface area contributed by atoms with Gasteiger partial charge in [-0.15, -0.1) is 0 Å². The molecule has 1 N–H and O–H groups in total. The van der Waals surface area contributed by atoms with Gasteiger partial charge in [-0.2, -0.15) is 0 Å². The molecule has 2 rings (SSSR count). The van der Waals surface area contributed by atoms with Gasteiger partial charge < -0.3 is 14.8 Å². The number of ether oxygens (including phenoxy) is 2. The minimum absolute atomic E-state index is 0.0400. The van der Waals surface area contributed by atoms with Crippen LogP contribution in [0.1, 0.15) is 25.7 Å². The number of piperidine rings is 1. The van der Waals surface area contributed by atoms with Crippen molar-refractivity contribution in [1.82, 2.24) is 4.90 Å². The van der Waals surface area contributed by atoms with Crippen LogP contribution in [0.4, 0.5) is 5.69 Å². The van der Waals surface area contributed by atoms with Crippen molar-refractivity contribution in [3.63, 3.8) is 0 Å². The van der Waals surface area contributed by atoms with Crippen molar-refractivity contribution in [2.75, 3.05) is 32.6 Å². The van der Waals surface area contributed by atoms with E-state index < -0.39 is 0 Å². The average molecular weight is 355 g/mol. The number of nitrogens with zero attached hydrogens (tertiary/aromatic N) is 1. The van der Waals surface area contributed by atoms with E-state index in [0.29, 0.717) is 22.9 Å². The molecule has 6 nitrogen and oxygen atoms in total. The van der Waals surface area contributed by atoms with Gasteiger partial charge in [0.15, 0.2) is 0 Å². The molecule has 7 heteroatoms. The van der Waals surface area contributed by atoms with Crippen molar-refractivity contribution in [2.24, 2.45) is 0 Å². The summed E-state index contributed by atoms with van der Waals surface area (Å²) in [5, 5.41) is 3.35. The summed E-state index contributed by atoms with van der Waals surface area (Å²) in [6, 6.07) is 5.10. The van der Waals surface area contributed by atoms with Crippen molar-refractivity contribution >= 4 is 29.2 Å². The molecule has 0 radical (unpaired) electrons. The predicted octanol–water partition coefficient (Wildman–Crippen LogP) is 2.70. The molecule has 1 saturated heterocycles. The SMILES string of the molecule is COC(=O)CC1CCCCN1CC(=O)Nc1cc(Cl)ccc1OC. The molecule has 1 unspecified atom stereocenters. The van der Waals surface area contributed by atoms with E-state index in [0.717, 1.165) is 25.8 Å². The van der Waals surface area contributed by atoms with Crippen molar-refractivity contribution in [2.45, 2.75) is 31.7 Å². The van der Waals surface area contributed by atoms with Crippen LogP contribution in [0.2, 0.25) is 5.02 Å². The quantitative estimate of drug-likeness (QED) is 0.795. The number of anilines is 1. The average Bonchev–Trinajstić information content (AvgIpc) is 2.56. The third-order valence-electron chi connectivity index (χ3n) is 4.16. The Labute approximate surface area is 147 Å². The van der Waals surface area contributed by atoms with Crippen molar-refractivity contribution in [3.05, 3.63) is 23.2 Å². The van der Waals surface area contributed by atoms with Crippen LogP contribution in [-0.2, 0) is 14.3 Å². The Morgan fingerprint density at radius 2 is 2.12 bits per heavy atom. The number of methoxy groups -OCH3 is 2. The summed E-state index contributed by atoms with van der Waals surface area (Å²) in [6.07, 6.45) is 3.28. The highest BCUT2D eigenvalue weighted by atomic mass is 35.5. The van der Waals surface area contributed by atoms with Crippen LogP contribution < -0.4 is 10.1 Å². The summed E-state index contributed by atoms with van der Waals surface area (Å²) in [5.74, 6) is 0.147. The van der Waals surface area contributed by atoms with E-state index in [4.69, 9.17) is 21.1 Å². The van der Waals surface area contributed by atoms with Crippen molar-refractivity contribution < 1.29 is 19.1 Å². The van der Waals surface area contributed by atoms with E-state index in [9.17, 15) is 9.59 Å². The van der Waals surface area contributed by atoms with Gasteiger partial charge in [-0.3, -0.25) is 14.5 Å². The molecule has 1 atom stereocenters. The number of carbonyl (C=O) groups is 2. The zero-order valence-corrected chi connectivity index (χ0v) is 14.8. The molecule has 1 heterocycles. The number of likely N-dealkylation sites (tertiary alicyclic amines) is 1. The van der Waals surface area contributed by atoms with Gasteiger partial charge in [-0.1, -0.05) is 18.0 Å². The molecule has 1 aromatic rings. The van der Waals surface area contributed by atoms with Crippen molar-refractivity contribution in [3.8, 4) is 5.75 Å². The number of esters is 1. The van der Waals surface area contributed by atoms with Crippen LogP contribution in [0, 0.1) is 0 Å². The standard InChI is InChI=1S/C17H23ClN2O4/c1-23-15-7-6-12(18)9-14(15)19-16(21)11-20-8-4-3-5-13(20)10-17(22)24-2/h6-7,9,13H,3-5,8,10-11H2,1-2H3,(H,19,21). The fourth-order valence-corrected chi connectivity index (χ4v) is 3.10. The number of hydrogen-bond donors (Lipinski definition) is 1. The van der Waals surface area contributed by atoms with Gasteiger partial charge in [0.05, 0.1) is 32.9 Å². The number of nitrogens with one attached hydrogen (secondary N) is 1. The number of amides is 1. The van der Waals surface area contributed by atoms with Gasteiger partial charge in [0.1, 0.15) is 5.75 Å². The van der Waals surface area contributed by atoms with Crippen LogP contribution in [0.25, 0.3) is 0 Å². The maximum absolute atomic E-state index is 12.4. The molecule has 0 bridgehead atoms. The van der Waals surface area contributed by atoms with E-state index in [1.807, 2.05) is 4.90 Å². The molecule has 0 spiro atoms. The van der Waals surface area contributed by atoms with E-state index in [1.54, 1.807) is 18.2 Å². The Hall–Kier alpha value is -1.79. The van der Waals surface area contributed by atoms with E-state index in [1.165, 1.54) is 14.2 Å². The van der Waals surface area contributed by atoms with Crippen LogP contribution in [0.15, 0.2) is 18.2 Å². The third kappa shape index (κ3) is 5.11. The minimum atomic E-state index is -0.246. The molecule has 1 fully saturated rings. The molecular weight excluding hydrogens is 332 g/mol. The highest BCUT2D eigenvalue weighted by Gasteiger charge is 2.26. The second kappa shape index (κ2) is 8.89. The first kappa shape index (κ1) is 18.5. The minimum Gasteiger partial charge on any atom is -0.495 e. The first-order valence-electron chi connectivity index (χ1n) is 7.97. The fourth-order valence-electron chi connectivity index (χ4n) is 2.93. The lowest BCUT2D eigenvalue weighted by atomic mass is 9.99. The summed E-state index contributed by atoms with van der Waals surface area (Å²) >= 11 is 5.98. The van der Waals surface area contributed by atoms with Gasteiger partial charge in [-0.05, 0) is 37.6 Å². The molecule has 1 aromatic carbocycles. The fraction of sp³-hybridized carbons (Fsp3) is 0.529. The Bertz CT molecular complexity index is 594. The summed E-state index contributed by atoms with van der Waals surface area (Å²) in [7, 11) is 2.92. The highest BCUT2D eigenvalue weighted by molar-refractivity contribution is 6.31. The topological polar surface area (TPSA) is 67.9 Å². The molecule has 1 amide bonds. The van der Waals surface area contributed by atoms with Crippen molar-refractivity contribution in [1.29, 1.82) is 0 Å². The molecule has 1 aliphatic heterocycles. The van der Waals surface area contributed by atoms with Gasteiger partial charge in [0.25, 0.3) is 0 Å². The Morgan fingerprint density at radius 3 is 2.83 bits per heavy atom. The number of hydrogen-bond acceptors (Lipinski definition) is 5. The normalized spacial score (nSPS) is 18.0. The molecule has 132 valence electrons. The second-order valence-electron chi connectivity index (χ2n) is 5.79. The monoisotopic (exact) mass is 354 g/mol. The smallest absolute Gasteiger partial charge is 0.307 e. The lowest BCUT2D eigenvalue weighted by molar-refractivity contribution is -0.142. The molecule has 1 aliphatic rings. The lowest BCUT2D eigenvalue weighted by Crippen LogP contribution is -2.45. The van der Waals surface area contributed by atoms with Gasteiger partial charge >= 0.3 is 5.97 Å². The molecule has 0 saturated carbocycles. The predicted molar refractivity (Wildman–Crippen MR) is 92.5 cm³/mol. The first-order valence-corrected chi connectivity index (χ1v) is 8.35. The molecule has 0 aliphatic carbocycles. The van der Waals surface area contributed by atoms with E-state index >= 15 is 0 Å². The van der Waals surface area contributed by atoms with Crippen LogP contribution in [0.3, 0.4) is 0 Å². The molecule has 0 aromatic heterocycles. The summed E-state index contributed by atoms with van der Waals surface area (Å²) in [6.45, 7) is 1.01. The van der Waals surface area contributed by atoms with Gasteiger partial charge in [-0.25, -0.2) is 0 Å². The number of rotatable bonds is 6. The first-order chi connectivity index (χ1) is 11.5. The van der Waals surface area contributed by atoms with Gasteiger partial charge in [0.2, 0.25) is 5.91 Å². The Morgan fingerprint density at radius 1 is 1.33 bits per heavy atom. The third-order valence-corrected chi connectivity index (χ3v) is 4.40. The zero-order chi connectivity index (χ0) is 17.5. The van der Waals surface area contributed by atoms with Crippen LogP contribution in [0.5, 0.6) is 5.75 Å². The number of halogens is 1. The largest absolute Gasteiger partial charge is 0.495 e. The molecule has 24 heavy (non-hydrogen) atoms. The molecular formula is C17H23ClN2O4. The zero-order valence-electron chi connectivity index (χ0n) is 14.0. The van der Waals surface area contributed by atoms with E-state index in [2.05, 4.69) is 5.32 Å². The maximum atomic E-state index is 12.4. The Kier molecular flexibility index (Phi) is 6.87. The summed E-state index contributed by atoms with van der Waals surface area (Å²) in [5.41, 5.74) is 0.538. The van der Waals surface area contributed by atoms with Crippen LogP contribution >= 0.6 is 11.6 Å². The number of carbonyl (C=O) groups excluding carboxylic acids is 2. The van der Waals surface area contributed by atoms with E-state index in [-0.39, 0.29) is 24.5 Å². The second-order valence-corrected chi connectivity index (χ2v) is 6.23. The Balaban J connectivity index is 1.99. The maximum Gasteiger partial charge on any atom is 0.307 e. The number of benzene rings is 1. The lowest BCUT2D eigenvalue weighted by Gasteiger charge is -2.34.